The topological polar surface area (TPSA) is 42.0 Å². The molecule has 0 spiro atoms. The maximum atomic E-state index is 12.7. The maximum Gasteiger partial charge on any atom is 0.253 e. The number of benzene rings is 1. The minimum absolute atomic E-state index is 0.0164. The summed E-state index contributed by atoms with van der Waals surface area (Å²) in [4.78, 5) is 17.1. The van der Waals surface area contributed by atoms with E-state index in [9.17, 15) is 4.79 Å². The third-order valence-corrected chi connectivity index (χ3v) is 6.25. The van der Waals surface area contributed by atoms with Gasteiger partial charge in [-0.05, 0) is 50.6 Å². The van der Waals surface area contributed by atoms with Crippen LogP contribution in [0.2, 0.25) is 5.02 Å². The molecule has 0 N–H and O–H groups in total. The highest BCUT2D eigenvalue weighted by Crippen LogP contribution is 2.34. The molecule has 6 heteroatoms. The number of hydrogen-bond donors (Lipinski definition) is 0. The fraction of sp³-hybridized carbons (Fsp3) is 0.667. The first-order valence-corrected chi connectivity index (χ1v) is 10.7. The van der Waals surface area contributed by atoms with E-state index in [4.69, 9.17) is 21.1 Å². The number of nitrogens with zero attached hydrogens (tertiary/aromatic N) is 2. The highest BCUT2D eigenvalue weighted by atomic mass is 35.5. The molecule has 1 amide bonds. The van der Waals surface area contributed by atoms with Crippen molar-refractivity contribution in [3.8, 4) is 5.75 Å². The van der Waals surface area contributed by atoms with Crippen molar-refractivity contribution in [1.82, 2.24) is 9.80 Å². The Hall–Kier alpha value is -1.30. The summed E-state index contributed by atoms with van der Waals surface area (Å²) in [7, 11) is 0. The molecule has 0 atom stereocenters. The Morgan fingerprint density at radius 2 is 1.85 bits per heavy atom. The number of carbonyl (C=O) groups is 1. The Morgan fingerprint density at radius 1 is 1.04 bits per heavy atom. The van der Waals surface area contributed by atoms with Crippen LogP contribution < -0.4 is 4.74 Å². The fourth-order valence-electron chi connectivity index (χ4n) is 4.26. The van der Waals surface area contributed by atoms with Gasteiger partial charge in [-0.2, -0.15) is 0 Å². The molecule has 1 aromatic carbocycles. The molecule has 27 heavy (non-hydrogen) atoms. The second kappa shape index (κ2) is 8.80. The monoisotopic (exact) mass is 392 g/mol. The second-order valence-electron chi connectivity index (χ2n) is 7.87. The first-order valence-electron chi connectivity index (χ1n) is 10.3. The summed E-state index contributed by atoms with van der Waals surface area (Å²) >= 11 is 6.42. The fourth-order valence-corrected chi connectivity index (χ4v) is 4.48. The van der Waals surface area contributed by atoms with E-state index in [0.29, 0.717) is 35.5 Å². The molecule has 0 aromatic heterocycles. The maximum absolute atomic E-state index is 12.7. The van der Waals surface area contributed by atoms with E-state index in [1.807, 2.05) is 17.0 Å². The number of halogens is 1. The molecule has 2 heterocycles. The van der Waals surface area contributed by atoms with Crippen LogP contribution in [0.15, 0.2) is 18.2 Å². The van der Waals surface area contributed by atoms with Gasteiger partial charge in [0.15, 0.2) is 0 Å². The Kier molecular flexibility index (Phi) is 6.21. The smallest absolute Gasteiger partial charge is 0.253 e. The van der Waals surface area contributed by atoms with Crippen molar-refractivity contribution in [2.45, 2.75) is 50.7 Å². The predicted molar refractivity (Wildman–Crippen MR) is 106 cm³/mol. The summed E-state index contributed by atoms with van der Waals surface area (Å²) in [5.74, 6) is 0.706. The summed E-state index contributed by atoms with van der Waals surface area (Å²) in [5.41, 5.74) is 0.619. The predicted octanol–water partition coefficient (Wildman–Crippen LogP) is 3.60. The van der Waals surface area contributed by atoms with E-state index >= 15 is 0 Å². The van der Waals surface area contributed by atoms with E-state index in [0.717, 1.165) is 32.4 Å². The summed E-state index contributed by atoms with van der Waals surface area (Å²) in [6, 6.07) is 6.08. The van der Waals surface area contributed by atoms with Crippen LogP contribution in [0.1, 0.15) is 48.9 Å². The van der Waals surface area contributed by atoms with Gasteiger partial charge in [-0.25, -0.2) is 0 Å². The van der Waals surface area contributed by atoms with E-state index in [1.165, 1.54) is 32.4 Å². The van der Waals surface area contributed by atoms with Gasteiger partial charge in [0.2, 0.25) is 0 Å². The molecule has 2 aliphatic heterocycles. The molecule has 2 saturated heterocycles. The molecule has 1 aromatic rings. The third-order valence-electron chi connectivity index (χ3n) is 5.96. The second-order valence-corrected chi connectivity index (χ2v) is 8.27. The molecule has 5 nitrogen and oxygen atoms in total. The zero-order chi connectivity index (χ0) is 18.6. The molecule has 4 rings (SSSR count). The normalized spacial score (nSPS) is 26.9. The number of rotatable bonds is 4. The Bertz CT molecular complexity index is 649. The van der Waals surface area contributed by atoms with Crippen molar-refractivity contribution in [3.63, 3.8) is 0 Å². The molecule has 0 radical (unpaired) electrons. The first-order chi connectivity index (χ1) is 13.2. The molecule has 3 fully saturated rings. The molecule has 1 aliphatic carbocycles. The zero-order valence-corrected chi connectivity index (χ0v) is 16.6. The van der Waals surface area contributed by atoms with Gasteiger partial charge in [0.1, 0.15) is 11.9 Å². The molecule has 3 aliphatic rings. The summed E-state index contributed by atoms with van der Waals surface area (Å²) in [6.45, 7) is 5.15. The standard InChI is InChI=1S/C21H29ClN2O3/c22-19-13-16(21(25)24-9-4-11-26-12-10-24)5-6-20(19)27-18-14-17(15-18)23-7-2-1-3-8-23/h5-6,13,17-18H,1-4,7-12,14-15H2. The molecule has 1 saturated carbocycles. The third kappa shape index (κ3) is 4.58. The highest BCUT2D eigenvalue weighted by Gasteiger charge is 2.35. The summed E-state index contributed by atoms with van der Waals surface area (Å²) < 4.78 is 11.5. The quantitative estimate of drug-likeness (QED) is 0.785. The minimum Gasteiger partial charge on any atom is -0.489 e. The van der Waals surface area contributed by atoms with Gasteiger partial charge in [0.25, 0.3) is 5.91 Å². The van der Waals surface area contributed by atoms with Crippen molar-refractivity contribution in [3.05, 3.63) is 28.8 Å². The number of ether oxygens (including phenoxy) is 2. The summed E-state index contributed by atoms with van der Waals surface area (Å²) in [5, 5.41) is 0.522. The number of piperidine rings is 1. The minimum atomic E-state index is 0.0164. The SMILES string of the molecule is O=C(c1ccc(OC2CC(N3CCCCC3)C2)c(Cl)c1)N1CCCOCC1. The highest BCUT2D eigenvalue weighted by molar-refractivity contribution is 6.32. The Balaban J connectivity index is 1.31. The van der Waals surface area contributed by atoms with Crippen molar-refractivity contribution >= 4 is 17.5 Å². The lowest BCUT2D eigenvalue weighted by Gasteiger charge is -2.44. The van der Waals surface area contributed by atoms with Crippen LogP contribution in [0.3, 0.4) is 0 Å². The van der Waals surface area contributed by atoms with Crippen LogP contribution in [0.4, 0.5) is 0 Å². The Labute approximate surface area is 166 Å². The van der Waals surface area contributed by atoms with Crippen LogP contribution in [0.5, 0.6) is 5.75 Å². The van der Waals surface area contributed by atoms with Gasteiger partial charge in [-0.3, -0.25) is 4.79 Å². The van der Waals surface area contributed by atoms with Crippen LogP contribution in [-0.2, 0) is 4.74 Å². The van der Waals surface area contributed by atoms with Crippen molar-refractivity contribution < 1.29 is 14.3 Å². The number of carbonyl (C=O) groups excluding carboxylic acids is 1. The lowest BCUT2D eigenvalue weighted by atomic mass is 9.86. The van der Waals surface area contributed by atoms with E-state index in [-0.39, 0.29) is 12.0 Å². The molecule has 148 valence electrons. The van der Waals surface area contributed by atoms with Gasteiger partial charge in [0.05, 0.1) is 11.6 Å². The van der Waals surface area contributed by atoms with Crippen molar-refractivity contribution in [2.24, 2.45) is 0 Å². The number of likely N-dealkylation sites (tertiary alicyclic amines) is 1. The van der Waals surface area contributed by atoms with Gasteiger partial charge >= 0.3 is 0 Å². The average molecular weight is 393 g/mol. The summed E-state index contributed by atoms with van der Waals surface area (Å²) in [6.07, 6.45) is 7.28. The van der Waals surface area contributed by atoms with Crippen LogP contribution in [0, 0.1) is 0 Å². The van der Waals surface area contributed by atoms with Gasteiger partial charge in [-0.15, -0.1) is 0 Å². The van der Waals surface area contributed by atoms with Gasteiger partial charge in [-0.1, -0.05) is 18.0 Å². The average Bonchev–Trinajstić information content (AvgIpc) is 2.95. The molecular formula is C21H29ClN2O3. The van der Waals surface area contributed by atoms with Crippen molar-refractivity contribution in [1.29, 1.82) is 0 Å². The Morgan fingerprint density at radius 3 is 2.63 bits per heavy atom. The van der Waals surface area contributed by atoms with Crippen LogP contribution in [0.25, 0.3) is 0 Å². The van der Waals surface area contributed by atoms with Crippen LogP contribution >= 0.6 is 11.6 Å². The molecule has 0 bridgehead atoms. The molecular weight excluding hydrogens is 364 g/mol. The lowest BCUT2D eigenvalue weighted by Crippen LogP contribution is -2.50. The van der Waals surface area contributed by atoms with E-state index < -0.39 is 0 Å². The largest absolute Gasteiger partial charge is 0.489 e. The van der Waals surface area contributed by atoms with E-state index in [2.05, 4.69) is 4.90 Å². The van der Waals surface area contributed by atoms with E-state index in [1.54, 1.807) is 6.07 Å². The van der Waals surface area contributed by atoms with Gasteiger partial charge in [0, 0.05) is 44.1 Å². The zero-order valence-electron chi connectivity index (χ0n) is 15.9. The lowest BCUT2D eigenvalue weighted by molar-refractivity contribution is 0.00896. The number of amides is 1. The molecule has 0 unspecified atom stereocenters. The van der Waals surface area contributed by atoms with Crippen LogP contribution in [-0.4, -0.2) is 67.2 Å². The van der Waals surface area contributed by atoms with Crippen molar-refractivity contribution in [2.75, 3.05) is 39.4 Å². The first kappa shape index (κ1) is 19.0. The number of hydrogen-bond acceptors (Lipinski definition) is 4. The van der Waals surface area contributed by atoms with Gasteiger partial charge < -0.3 is 19.3 Å².